The lowest BCUT2D eigenvalue weighted by Gasteiger charge is -2.31. The third kappa shape index (κ3) is 5.61. The molecule has 0 aliphatic carbocycles. The number of imidazole rings is 1. The molecule has 0 saturated carbocycles. The molecule has 3 fully saturated rings. The molecule has 11 heteroatoms. The monoisotopic (exact) mass is 594 g/mol. The van der Waals surface area contributed by atoms with Gasteiger partial charge in [-0.2, -0.15) is 0 Å². The number of hydrogen-bond donors (Lipinski definition) is 3. The van der Waals surface area contributed by atoms with Crippen LogP contribution in [0.4, 0.5) is 25.0 Å². The molecule has 3 N–H and O–H groups in total. The van der Waals surface area contributed by atoms with E-state index in [4.69, 9.17) is 4.98 Å². The van der Waals surface area contributed by atoms with Gasteiger partial charge in [0.25, 0.3) is 0 Å². The van der Waals surface area contributed by atoms with Crippen LogP contribution in [0.2, 0.25) is 0 Å². The van der Waals surface area contributed by atoms with Crippen molar-refractivity contribution in [3.05, 3.63) is 53.4 Å². The molecule has 0 spiro atoms. The topological polar surface area (TPSA) is 105 Å². The van der Waals surface area contributed by atoms with E-state index in [0.717, 1.165) is 74.6 Å². The first-order chi connectivity index (χ1) is 20.7. The molecule has 230 valence electrons. The molecule has 4 heterocycles. The molecule has 3 aromatic rings. The highest BCUT2D eigenvalue weighted by Crippen LogP contribution is 2.41. The quantitative estimate of drug-likeness (QED) is 0.304. The Morgan fingerprint density at radius 3 is 2.37 bits per heavy atom. The molecule has 6 rings (SSSR count). The zero-order valence-corrected chi connectivity index (χ0v) is 24.8. The van der Waals surface area contributed by atoms with Crippen molar-refractivity contribution in [2.24, 2.45) is 5.92 Å². The zero-order chi connectivity index (χ0) is 30.2. The first kappa shape index (κ1) is 29.2. The number of benzene rings is 2. The number of H-pyrrole nitrogens is 1. The maximum atomic E-state index is 15.5. The third-order valence-corrected chi connectivity index (χ3v) is 9.27. The summed E-state index contributed by atoms with van der Waals surface area (Å²) in [6.07, 6.45) is 5.09. The molecule has 3 saturated heterocycles. The van der Waals surface area contributed by atoms with E-state index in [0.29, 0.717) is 30.3 Å². The van der Waals surface area contributed by atoms with E-state index in [9.17, 15) is 14.7 Å². The lowest BCUT2D eigenvalue weighted by molar-refractivity contribution is -0.135. The number of amides is 2. The summed E-state index contributed by atoms with van der Waals surface area (Å²) >= 11 is 0. The fourth-order valence-corrected chi connectivity index (χ4v) is 7.08. The molecule has 2 aromatic carbocycles. The number of carboxylic acid groups (broad SMARTS) is 1. The second-order valence-corrected chi connectivity index (χ2v) is 12.4. The van der Waals surface area contributed by atoms with Crippen LogP contribution in [0.15, 0.2) is 30.3 Å². The van der Waals surface area contributed by atoms with Crippen LogP contribution in [-0.4, -0.2) is 64.2 Å². The number of carbonyl (C=O) groups is 2. The molecule has 3 aliphatic rings. The molecule has 0 radical (unpaired) electrons. The number of halogens is 2. The van der Waals surface area contributed by atoms with Crippen LogP contribution in [0, 0.1) is 17.6 Å². The summed E-state index contributed by atoms with van der Waals surface area (Å²) in [5.74, 6) is -1.34. The number of aromatic amines is 1. The van der Waals surface area contributed by atoms with Gasteiger partial charge in [-0.05, 0) is 80.7 Å². The molecule has 0 bridgehead atoms. The van der Waals surface area contributed by atoms with Crippen LogP contribution >= 0.6 is 0 Å². The van der Waals surface area contributed by atoms with Gasteiger partial charge in [-0.3, -0.25) is 4.79 Å². The summed E-state index contributed by atoms with van der Waals surface area (Å²) in [6.45, 7) is 6.31. The Morgan fingerprint density at radius 2 is 1.63 bits per heavy atom. The van der Waals surface area contributed by atoms with Gasteiger partial charge in [0.2, 0.25) is 5.91 Å². The number of carbonyl (C=O) groups excluding carboxylic acids is 1. The van der Waals surface area contributed by atoms with E-state index in [2.05, 4.69) is 10.3 Å². The van der Waals surface area contributed by atoms with Crippen LogP contribution in [0.3, 0.4) is 0 Å². The number of rotatable bonds is 7. The highest BCUT2D eigenvalue weighted by molar-refractivity contribution is 5.86. The molecule has 2 amide bonds. The maximum absolute atomic E-state index is 15.5. The molecule has 0 unspecified atom stereocenters. The number of fused-ring (bicyclic) bond motifs is 1. The lowest BCUT2D eigenvalue weighted by Crippen LogP contribution is -2.50. The summed E-state index contributed by atoms with van der Waals surface area (Å²) in [4.78, 5) is 38.6. The number of nitrogens with zero attached hydrogens (tertiary/aromatic N) is 4. The van der Waals surface area contributed by atoms with E-state index < -0.39 is 23.8 Å². The summed E-state index contributed by atoms with van der Waals surface area (Å²) in [5, 5.41) is 11.6. The van der Waals surface area contributed by atoms with E-state index in [1.807, 2.05) is 41.8 Å². The van der Waals surface area contributed by atoms with Gasteiger partial charge in [0.15, 0.2) is 11.6 Å². The molecule has 3 aliphatic heterocycles. The van der Waals surface area contributed by atoms with Crippen molar-refractivity contribution >= 4 is 34.4 Å². The van der Waals surface area contributed by atoms with Crippen molar-refractivity contribution < 1.29 is 23.5 Å². The van der Waals surface area contributed by atoms with Crippen LogP contribution in [0.5, 0.6) is 0 Å². The molecular formula is C32H40F2N6O3. The van der Waals surface area contributed by atoms with Gasteiger partial charge in [0.05, 0.1) is 34.5 Å². The first-order valence-electron chi connectivity index (χ1n) is 15.5. The van der Waals surface area contributed by atoms with Crippen LogP contribution in [0.1, 0.15) is 82.3 Å². The van der Waals surface area contributed by atoms with E-state index >= 15 is 8.78 Å². The number of anilines is 2. The third-order valence-electron chi connectivity index (χ3n) is 9.27. The second-order valence-electron chi connectivity index (χ2n) is 12.4. The van der Waals surface area contributed by atoms with Crippen LogP contribution < -0.4 is 15.1 Å². The van der Waals surface area contributed by atoms with Gasteiger partial charge >= 0.3 is 6.09 Å². The highest BCUT2D eigenvalue weighted by atomic mass is 19.2. The fourth-order valence-electron chi connectivity index (χ4n) is 7.08. The number of aromatic nitrogens is 2. The van der Waals surface area contributed by atoms with Crippen molar-refractivity contribution in [2.45, 2.75) is 76.9 Å². The number of hydrogen-bond acceptors (Lipinski definition) is 5. The first-order valence-corrected chi connectivity index (χ1v) is 15.5. The molecule has 3 atom stereocenters. The number of likely N-dealkylation sites (tertiary alicyclic amines) is 1. The van der Waals surface area contributed by atoms with E-state index in [1.54, 1.807) is 17.0 Å². The Hall–Kier alpha value is -3.89. The Balaban J connectivity index is 1.24. The number of nitrogens with one attached hydrogen (secondary N) is 2. The van der Waals surface area contributed by atoms with Crippen molar-refractivity contribution in [3.63, 3.8) is 0 Å². The second kappa shape index (κ2) is 12.0. The number of piperidine rings is 1. The fraction of sp³-hybridized carbons (Fsp3) is 0.531. The van der Waals surface area contributed by atoms with Gasteiger partial charge in [0.1, 0.15) is 11.9 Å². The van der Waals surface area contributed by atoms with Gasteiger partial charge in [-0.15, -0.1) is 0 Å². The predicted octanol–water partition coefficient (Wildman–Crippen LogP) is 6.13. The van der Waals surface area contributed by atoms with Crippen molar-refractivity contribution in [3.8, 4) is 0 Å². The van der Waals surface area contributed by atoms with Crippen molar-refractivity contribution in [1.29, 1.82) is 0 Å². The largest absolute Gasteiger partial charge is 0.465 e. The SMILES string of the molecule is CC(C)[C@H](NC(=O)O)C(=O)N1CCC[C@H]1c1nc2ccc([C@H]3CCCN3c3ccc(N4CCCCC4)c(F)c3F)cc2[nH]1. The summed E-state index contributed by atoms with van der Waals surface area (Å²) < 4.78 is 30.9. The van der Waals surface area contributed by atoms with Gasteiger partial charge in [0, 0.05) is 26.2 Å². The molecule has 1 aromatic heterocycles. The predicted molar refractivity (Wildman–Crippen MR) is 161 cm³/mol. The average Bonchev–Trinajstić information content (AvgIpc) is 3.76. The average molecular weight is 595 g/mol. The van der Waals surface area contributed by atoms with Crippen LogP contribution in [-0.2, 0) is 4.79 Å². The Labute approximate surface area is 250 Å². The summed E-state index contributed by atoms with van der Waals surface area (Å²) in [5.41, 5.74) is 3.21. The van der Waals surface area contributed by atoms with E-state index in [-0.39, 0.29) is 23.9 Å². The van der Waals surface area contributed by atoms with Crippen LogP contribution in [0.25, 0.3) is 11.0 Å². The summed E-state index contributed by atoms with van der Waals surface area (Å²) in [7, 11) is 0. The molecular weight excluding hydrogens is 554 g/mol. The zero-order valence-electron chi connectivity index (χ0n) is 24.8. The standard InChI is InChI=1S/C32H40F2N6O3/c1-19(2)29(37-32(42)43)31(41)40-17-7-9-26(40)30-35-21-11-10-20(18-22(21)36-30)23-8-6-16-39(23)25-13-12-24(27(33)28(25)34)38-14-4-3-5-15-38/h10-13,18-19,23,26,29,37H,3-9,14-17H2,1-2H3,(H,35,36)(H,42,43)/t23-,26+,29+/m1/s1. The normalized spacial score (nSPS) is 21.7. The van der Waals surface area contributed by atoms with E-state index in [1.165, 1.54) is 0 Å². The van der Waals surface area contributed by atoms with Gasteiger partial charge < -0.3 is 30.1 Å². The Bertz CT molecular complexity index is 1500. The minimum atomic E-state index is -1.22. The Kier molecular flexibility index (Phi) is 8.15. The van der Waals surface area contributed by atoms with Crippen molar-refractivity contribution in [1.82, 2.24) is 20.2 Å². The maximum Gasteiger partial charge on any atom is 0.405 e. The summed E-state index contributed by atoms with van der Waals surface area (Å²) in [6, 6.07) is 8.18. The van der Waals surface area contributed by atoms with Crippen molar-refractivity contribution in [2.75, 3.05) is 36.0 Å². The minimum absolute atomic E-state index is 0.107. The lowest BCUT2D eigenvalue weighted by atomic mass is 10.0. The van der Waals surface area contributed by atoms with Gasteiger partial charge in [-0.1, -0.05) is 19.9 Å². The Morgan fingerprint density at radius 1 is 0.930 bits per heavy atom. The minimum Gasteiger partial charge on any atom is -0.465 e. The highest BCUT2D eigenvalue weighted by Gasteiger charge is 2.38. The smallest absolute Gasteiger partial charge is 0.405 e. The molecule has 43 heavy (non-hydrogen) atoms. The molecule has 9 nitrogen and oxygen atoms in total. The van der Waals surface area contributed by atoms with Gasteiger partial charge in [-0.25, -0.2) is 18.6 Å².